The van der Waals surface area contributed by atoms with Crippen LogP contribution in [0.4, 0.5) is 11.5 Å². The normalized spacial score (nSPS) is 21.0. The van der Waals surface area contributed by atoms with Crippen LogP contribution in [0.1, 0.15) is 11.3 Å². The molecule has 1 atom stereocenters. The van der Waals surface area contributed by atoms with E-state index in [0.717, 1.165) is 52.7 Å². The SMILES string of the molecule is Cc1nn(-c2ccccc2)c2c1P(=S)(N1CCOCC1)N(C)C(c1ccc(N(C)C)cc1)=N2. The van der Waals surface area contributed by atoms with Gasteiger partial charge in [0.05, 0.1) is 29.9 Å². The summed E-state index contributed by atoms with van der Waals surface area (Å²) in [6.45, 7) is 5.06. The Hall–Kier alpha value is -2.51. The Bertz CT molecular complexity index is 1230. The maximum Gasteiger partial charge on any atom is 0.169 e. The largest absolute Gasteiger partial charge is 0.379 e. The molecule has 7 nitrogen and oxygen atoms in total. The summed E-state index contributed by atoms with van der Waals surface area (Å²) >= 11 is 6.61. The van der Waals surface area contributed by atoms with Crippen LogP contribution in [0.15, 0.2) is 59.6 Å². The highest BCUT2D eigenvalue weighted by Gasteiger charge is 2.43. The van der Waals surface area contributed by atoms with Crippen molar-refractivity contribution in [3.63, 3.8) is 0 Å². The molecule has 0 amide bonds. The standard InChI is InChI=1S/C24H29N6OPS/c1-18-22-24(30(26-18)21-8-6-5-7-9-21)25-23(19-10-12-20(13-11-19)27(2)3)28(4)32(22,33)29-14-16-31-17-15-29/h5-13H,14-17H2,1-4H3. The van der Waals surface area contributed by atoms with Gasteiger partial charge in [-0.05, 0) is 43.3 Å². The average molecular weight is 481 g/mol. The number of aliphatic imine (C=N–C) groups is 1. The Labute approximate surface area is 200 Å². The number of para-hydroxylation sites is 1. The molecule has 0 spiro atoms. The molecule has 3 aromatic rings. The lowest BCUT2D eigenvalue weighted by atomic mass is 10.2. The van der Waals surface area contributed by atoms with Gasteiger partial charge in [-0.3, -0.25) is 4.67 Å². The Morgan fingerprint density at radius 2 is 1.67 bits per heavy atom. The summed E-state index contributed by atoms with van der Waals surface area (Å²) in [5.41, 5.74) is 4.13. The second kappa shape index (κ2) is 8.69. The Kier molecular flexibility index (Phi) is 5.87. The van der Waals surface area contributed by atoms with Crippen molar-refractivity contribution in [1.29, 1.82) is 0 Å². The van der Waals surface area contributed by atoms with Gasteiger partial charge in [-0.2, -0.15) is 5.10 Å². The predicted octanol–water partition coefficient (Wildman–Crippen LogP) is 3.54. The van der Waals surface area contributed by atoms with Crippen LogP contribution < -0.4 is 10.2 Å². The van der Waals surface area contributed by atoms with E-state index in [0.29, 0.717) is 13.2 Å². The number of morpholine rings is 1. The van der Waals surface area contributed by atoms with E-state index in [9.17, 15) is 0 Å². The van der Waals surface area contributed by atoms with Crippen molar-refractivity contribution in [2.24, 2.45) is 4.99 Å². The molecule has 172 valence electrons. The van der Waals surface area contributed by atoms with E-state index < -0.39 is 6.34 Å². The highest BCUT2D eigenvalue weighted by atomic mass is 32.4. The topological polar surface area (TPSA) is 49.1 Å². The molecule has 0 aliphatic carbocycles. The summed E-state index contributed by atoms with van der Waals surface area (Å²) in [5, 5.41) is 6.01. The number of fused-ring (bicyclic) bond motifs is 1. The minimum Gasteiger partial charge on any atom is -0.379 e. The van der Waals surface area contributed by atoms with Crippen LogP contribution in [0.3, 0.4) is 0 Å². The number of ether oxygens (including phenoxy) is 1. The maximum absolute atomic E-state index is 6.61. The molecule has 2 aliphatic heterocycles. The number of aromatic nitrogens is 2. The fourth-order valence-corrected chi connectivity index (χ4v) is 8.78. The monoisotopic (exact) mass is 480 g/mol. The number of aryl methyl sites for hydroxylation is 1. The minimum atomic E-state index is -2.36. The molecule has 1 unspecified atom stereocenters. The van der Waals surface area contributed by atoms with Gasteiger partial charge in [-0.25, -0.2) is 9.67 Å². The first kappa shape index (κ1) is 22.3. The van der Waals surface area contributed by atoms with E-state index in [2.05, 4.69) is 64.6 Å². The van der Waals surface area contributed by atoms with Crippen LogP contribution >= 0.6 is 6.34 Å². The Morgan fingerprint density at radius 3 is 2.30 bits per heavy atom. The average Bonchev–Trinajstić information content (AvgIpc) is 3.19. The van der Waals surface area contributed by atoms with Gasteiger partial charge in [0.25, 0.3) is 0 Å². The van der Waals surface area contributed by atoms with Crippen LogP contribution in [-0.2, 0) is 16.5 Å². The summed E-state index contributed by atoms with van der Waals surface area (Å²) in [7, 11) is 6.19. The fraction of sp³-hybridized carbons (Fsp3) is 0.333. The molecule has 2 aliphatic rings. The molecular formula is C24H29N6OPS. The fourth-order valence-electron chi connectivity index (χ4n) is 4.46. The second-order valence-electron chi connectivity index (χ2n) is 8.52. The van der Waals surface area contributed by atoms with Crippen molar-refractivity contribution in [2.75, 3.05) is 52.3 Å². The molecular weight excluding hydrogens is 451 g/mol. The third kappa shape index (κ3) is 3.71. The van der Waals surface area contributed by atoms with Gasteiger partial charge >= 0.3 is 0 Å². The van der Waals surface area contributed by atoms with Gasteiger partial charge in [-0.1, -0.05) is 30.0 Å². The highest BCUT2D eigenvalue weighted by Crippen LogP contribution is 2.57. The molecule has 0 bridgehead atoms. The van der Waals surface area contributed by atoms with Crippen molar-refractivity contribution in [3.8, 4) is 5.69 Å². The number of nitrogens with zero attached hydrogens (tertiary/aromatic N) is 6. The molecule has 3 heterocycles. The van der Waals surface area contributed by atoms with E-state index in [1.54, 1.807) is 0 Å². The number of hydrogen-bond donors (Lipinski definition) is 0. The number of anilines is 1. The maximum atomic E-state index is 6.61. The lowest BCUT2D eigenvalue weighted by Crippen LogP contribution is -2.45. The quantitative estimate of drug-likeness (QED) is 0.533. The summed E-state index contributed by atoms with van der Waals surface area (Å²) in [5.74, 6) is 1.73. The van der Waals surface area contributed by atoms with Crippen molar-refractivity contribution in [3.05, 3.63) is 65.9 Å². The van der Waals surface area contributed by atoms with Crippen LogP contribution in [0.5, 0.6) is 0 Å². The molecule has 33 heavy (non-hydrogen) atoms. The summed E-state index contributed by atoms with van der Waals surface area (Å²) in [6, 6.07) is 18.7. The molecule has 9 heteroatoms. The number of amidine groups is 1. The molecule has 1 fully saturated rings. The molecule has 0 N–H and O–H groups in total. The van der Waals surface area contributed by atoms with Crippen molar-refractivity contribution in [1.82, 2.24) is 19.1 Å². The summed E-state index contributed by atoms with van der Waals surface area (Å²) in [4.78, 5) is 7.29. The van der Waals surface area contributed by atoms with Gasteiger partial charge in [0, 0.05) is 45.5 Å². The van der Waals surface area contributed by atoms with Crippen LogP contribution in [-0.4, -0.2) is 72.4 Å². The first-order valence-electron chi connectivity index (χ1n) is 11.1. The van der Waals surface area contributed by atoms with E-state index >= 15 is 0 Å². The van der Waals surface area contributed by atoms with Gasteiger partial charge in [0.1, 0.15) is 12.2 Å². The molecule has 0 saturated carbocycles. The van der Waals surface area contributed by atoms with E-state index in [-0.39, 0.29) is 0 Å². The van der Waals surface area contributed by atoms with Gasteiger partial charge in [0.2, 0.25) is 0 Å². The first-order chi connectivity index (χ1) is 15.9. The molecule has 0 radical (unpaired) electrons. The molecule has 2 aromatic carbocycles. The zero-order valence-electron chi connectivity index (χ0n) is 19.5. The van der Waals surface area contributed by atoms with Crippen LogP contribution in [0.2, 0.25) is 0 Å². The lowest BCUT2D eigenvalue weighted by Gasteiger charge is -2.45. The van der Waals surface area contributed by atoms with Gasteiger partial charge < -0.3 is 14.3 Å². The number of rotatable bonds is 4. The molecule has 1 aromatic heterocycles. The van der Waals surface area contributed by atoms with Crippen LogP contribution in [0.25, 0.3) is 5.69 Å². The first-order valence-corrected chi connectivity index (χ1v) is 13.8. The smallest absolute Gasteiger partial charge is 0.169 e. The summed E-state index contributed by atoms with van der Waals surface area (Å²) in [6.07, 6.45) is -2.36. The zero-order chi connectivity index (χ0) is 23.2. The molecule has 1 saturated heterocycles. The third-order valence-electron chi connectivity index (χ3n) is 6.23. The lowest BCUT2D eigenvalue weighted by molar-refractivity contribution is 0.0738. The van der Waals surface area contributed by atoms with Gasteiger partial charge in [0.15, 0.2) is 5.82 Å². The third-order valence-corrected chi connectivity index (χ3v) is 11.5. The van der Waals surface area contributed by atoms with Crippen molar-refractivity contribution < 1.29 is 4.74 Å². The number of hydrogen-bond acceptors (Lipinski definition) is 5. The van der Waals surface area contributed by atoms with Crippen LogP contribution in [0, 0.1) is 6.92 Å². The van der Waals surface area contributed by atoms with E-state index in [1.165, 1.54) is 0 Å². The number of benzene rings is 2. The van der Waals surface area contributed by atoms with Crippen molar-refractivity contribution >= 4 is 40.8 Å². The molecule has 5 rings (SSSR count). The summed E-state index contributed by atoms with van der Waals surface area (Å²) < 4.78 is 12.3. The van der Waals surface area contributed by atoms with E-state index in [1.807, 2.05) is 37.0 Å². The Morgan fingerprint density at radius 1 is 1.00 bits per heavy atom. The second-order valence-corrected chi connectivity index (χ2v) is 12.7. The minimum absolute atomic E-state index is 0.692. The Balaban J connectivity index is 1.73. The highest BCUT2D eigenvalue weighted by molar-refractivity contribution is 8.16. The van der Waals surface area contributed by atoms with E-state index in [4.69, 9.17) is 26.6 Å². The zero-order valence-corrected chi connectivity index (χ0v) is 21.2. The predicted molar refractivity (Wildman–Crippen MR) is 139 cm³/mol. The van der Waals surface area contributed by atoms with Gasteiger partial charge in [-0.15, -0.1) is 0 Å². The van der Waals surface area contributed by atoms with Crippen molar-refractivity contribution in [2.45, 2.75) is 6.92 Å².